The van der Waals surface area contributed by atoms with Crippen LogP contribution in [0.2, 0.25) is 0 Å². The molecule has 0 radical (unpaired) electrons. The molecule has 2 aromatic carbocycles. The third-order valence-corrected chi connectivity index (χ3v) is 4.73. The first-order valence-electron chi connectivity index (χ1n) is 10.8. The van der Waals surface area contributed by atoms with Crippen molar-refractivity contribution >= 4 is 11.9 Å². The predicted octanol–water partition coefficient (Wildman–Crippen LogP) is 3.30. The number of hydrogen-bond acceptors (Lipinski definition) is 7. The van der Waals surface area contributed by atoms with Gasteiger partial charge in [-0.1, -0.05) is 72.8 Å². The van der Waals surface area contributed by atoms with Gasteiger partial charge in [0, 0.05) is 47.7 Å². The van der Waals surface area contributed by atoms with Crippen LogP contribution >= 0.6 is 0 Å². The molecular formula is C29H21N3O4Zn. The SMILES string of the molecule is O=C([O-])c1ccccc1.O=C([O-])c1ccccc1.[Zn+2].c1cncc(-c2cccnc2-c2cccnc2)c1. The molecule has 5 rings (SSSR count). The van der Waals surface area contributed by atoms with Gasteiger partial charge in [0.05, 0.1) is 17.6 Å². The molecule has 0 aliphatic rings. The van der Waals surface area contributed by atoms with Gasteiger partial charge in [-0.25, -0.2) is 0 Å². The quantitative estimate of drug-likeness (QED) is 0.321. The van der Waals surface area contributed by atoms with Gasteiger partial charge in [0.15, 0.2) is 0 Å². The van der Waals surface area contributed by atoms with E-state index in [0.717, 1.165) is 22.4 Å². The zero-order chi connectivity index (χ0) is 25.6. The normalized spacial score (nSPS) is 9.30. The van der Waals surface area contributed by atoms with Gasteiger partial charge >= 0.3 is 19.5 Å². The van der Waals surface area contributed by atoms with Crippen LogP contribution in [-0.2, 0) is 19.5 Å². The van der Waals surface area contributed by atoms with Crippen molar-refractivity contribution in [1.82, 2.24) is 15.0 Å². The summed E-state index contributed by atoms with van der Waals surface area (Å²) in [5.74, 6) is -2.26. The first kappa shape index (κ1) is 28.7. The first-order chi connectivity index (χ1) is 17.6. The van der Waals surface area contributed by atoms with Crippen molar-refractivity contribution in [1.29, 1.82) is 0 Å². The average molecular weight is 541 g/mol. The van der Waals surface area contributed by atoms with Crippen molar-refractivity contribution in [2.45, 2.75) is 0 Å². The fraction of sp³-hybridized carbons (Fsp3) is 0. The number of nitrogens with zero attached hydrogens (tertiary/aromatic N) is 3. The second kappa shape index (κ2) is 15.4. The van der Waals surface area contributed by atoms with Crippen molar-refractivity contribution in [2.75, 3.05) is 0 Å². The second-order valence-corrected chi connectivity index (χ2v) is 7.19. The van der Waals surface area contributed by atoms with Crippen molar-refractivity contribution in [2.24, 2.45) is 0 Å². The number of carboxylic acid groups (broad SMARTS) is 2. The van der Waals surface area contributed by atoms with E-state index in [0.29, 0.717) is 0 Å². The third-order valence-electron chi connectivity index (χ3n) is 4.73. The molecule has 0 N–H and O–H groups in total. The Bertz CT molecular complexity index is 1260. The van der Waals surface area contributed by atoms with Gasteiger partial charge in [0.1, 0.15) is 0 Å². The molecule has 178 valence electrons. The van der Waals surface area contributed by atoms with Gasteiger partial charge in [-0.3, -0.25) is 15.0 Å². The van der Waals surface area contributed by atoms with Crippen molar-refractivity contribution < 1.29 is 39.3 Å². The van der Waals surface area contributed by atoms with E-state index in [4.69, 9.17) is 0 Å². The maximum absolute atomic E-state index is 10.1. The minimum Gasteiger partial charge on any atom is -0.545 e. The molecule has 0 spiro atoms. The summed E-state index contributed by atoms with van der Waals surface area (Å²) in [6, 6.07) is 28.0. The second-order valence-electron chi connectivity index (χ2n) is 7.19. The van der Waals surface area contributed by atoms with E-state index >= 15 is 0 Å². The Morgan fingerprint density at radius 1 is 0.541 bits per heavy atom. The van der Waals surface area contributed by atoms with Crippen LogP contribution in [0, 0.1) is 0 Å². The first-order valence-corrected chi connectivity index (χ1v) is 10.8. The number of pyridine rings is 3. The van der Waals surface area contributed by atoms with Crippen LogP contribution in [0.15, 0.2) is 128 Å². The summed E-state index contributed by atoms with van der Waals surface area (Å²) >= 11 is 0. The number of aromatic carboxylic acids is 2. The number of benzene rings is 2. The number of carbonyl (C=O) groups excluding carboxylic acids is 2. The molecule has 0 aliphatic heterocycles. The average Bonchev–Trinajstić information content (AvgIpc) is 2.96. The van der Waals surface area contributed by atoms with Crippen LogP contribution < -0.4 is 10.2 Å². The summed E-state index contributed by atoms with van der Waals surface area (Å²) in [4.78, 5) is 32.9. The molecule has 8 heteroatoms. The molecule has 0 bridgehead atoms. The minimum absolute atomic E-state index is 0. The summed E-state index contributed by atoms with van der Waals surface area (Å²) in [6.07, 6.45) is 8.99. The molecule has 5 aromatic rings. The van der Waals surface area contributed by atoms with E-state index in [1.54, 1.807) is 55.0 Å². The Morgan fingerprint density at radius 2 is 1.00 bits per heavy atom. The van der Waals surface area contributed by atoms with E-state index in [1.807, 2.05) is 48.8 Å². The molecule has 0 amide bonds. The Hall–Kier alpha value is -4.55. The molecule has 7 nitrogen and oxygen atoms in total. The molecule has 0 aliphatic carbocycles. The van der Waals surface area contributed by atoms with Crippen LogP contribution in [-0.4, -0.2) is 26.9 Å². The molecular weight excluding hydrogens is 520 g/mol. The molecule has 37 heavy (non-hydrogen) atoms. The topological polar surface area (TPSA) is 119 Å². The Kier molecular flexibility index (Phi) is 12.0. The number of carboxylic acids is 2. The molecule has 3 aromatic heterocycles. The zero-order valence-corrected chi connectivity index (χ0v) is 22.8. The largest absolute Gasteiger partial charge is 2.00 e. The summed E-state index contributed by atoms with van der Waals surface area (Å²) in [5.41, 5.74) is 4.51. The van der Waals surface area contributed by atoms with Crippen LogP contribution in [0.3, 0.4) is 0 Å². The standard InChI is InChI=1S/C15H11N3.2C7H6O2.Zn/c1-4-12(10-16-7-1)14-6-3-9-18-15(14)13-5-2-8-17-11-13;2*8-7(9)6-4-2-1-3-5-6;/h1-11H;2*1-5H,(H,8,9);/q;;;+2/p-2. The van der Waals surface area contributed by atoms with Gasteiger partial charge in [0.25, 0.3) is 0 Å². The number of rotatable bonds is 4. The summed E-state index contributed by atoms with van der Waals surface area (Å²) < 4.78 is 0. The number of carbonyl (C=O) groups is 2. The van der Waals surface area contributed by atoms with Crippen LogP contribution in [0.1, 0.15) is 20.7 Å². The molecule has 0 saturated carbocycles. The van der Waals surface area contributed by atoms with E-state index in [-0.39, 0.29) is 30.6 Å². The maximum atomic E-state index is 10.1. The summed E-state index contributed by atoms with van der Waals surface area (Å²) in [6.45, 7) is 0. The molecule has 0 fully saturated rings. The van der Waals surface area contributed by atoms with Crippen molar-refractivity contribution in [3.63, 3.8) is 0 Å². The van der Waals surface area contributed by atoms with Crippen molar-refractivity contribution in [3.8, 4) is 22.4 Å². The van der Waals surface area contributed by atoms with Crippen LogP contribution in [0.25, 0.3) is 22.4 Å². The maximum Gasteiger partial charge on any atom is 2.00 e. The Balaban J connectivity index is 0.000000215. The molecule has 0 saturated heterocycles. The molecule has 0 unspecified atom stereocenters. The van der Waals surface area contributed by atoms with Gasteiger partial charge in [0.2, 0.25) is 0 Å². The number of aromatic nitrogens is 3. The fourth-order valence-corrected chi connectivity index (χ4v) is 3.04. The van der Waals surface area contributed by atoms with Gasteiger partial charge < -0.3 is 19.8 Å². The van der Waals surface area contributed by atoms with Crippen LogP contribution in [0.5, 0.6) is 0 Å². The zero-order valence-electron chi connectivity index (χ0n) is 19.8. The monoisotopic (exact) mass is 539 g/mol. The predicted molar refractivity (Wildman–Crippen MR) is 132 cm³/mol. The van der Waals surface area contributed by atoms with Gasteiger partial charge in [-0.2, -0.15) is 0 Å². The summed E-state index contributed by atoms with van der Waals surface area (Å²) in [5, 5.41) is 20.2. The van der Waals surface area contributed by atoms with E-state index in [9.17, 15) is 19.8 Å². The minimum atomic E-state index is -1.13. The molecule has 3 heterocycles. The Labute approximate surface area is 227 Å². The third kappa shape index (κ3) is 9.20. The van der Waals surface area contributed by atoms with Crippen molar-refractivity contribution in [3.05, 3.63) is 139 Å². The Morgan fingerprint density at radius 3 is 1.41 bits per heavy atom. The van der Waals surface area contributed by atoms with Gasteiger partial charge in [-0.05, 0) is 35.4 Å². The van der Waals surface area contributed by atoms with E-state index in [2.05, 4.69) is 15.0 Å². The van der Waals surface area contributed by atoms with E-state index < -0.39 is 11.9 Å². The smallest absolute Gasteiger partial charge is 0.545 e. The molecule has 0 atom stereocenters. The number of hydrogen-bond donors (Lipinski definition) is 0. The van der Waals surface area contributed by atoms with Crippen LogP contribution in [0.4, 0.5) is 0 Å². The summed E-state index contributed by atoms with van der Waals surface area (Å²) in [7, 11) is 0. The van der Waals surface area contributed by atoms with E-state index in [1.165, 1.54) is 24.3 Å². The van der Waals surface area contributed by atoms with Gasteiger partial charge in [-0.15, -0.1) is 0 Å². The fourth-order valence-electron chi connectivity index (χ4n) is 3.04.